The lowest BCUT2D eigenvalue weighted by atomic mass is 10.1. The van der Waals surface area contributed by atoms with Crippen molar-refractivity contribution in [1.29, 1.82) is 0 Å². The second-order valence-corrected chi connectivity index (χ2v) is 4.64. The van der Waals surface area contributed by atoms with Crippen molar-refractivity contribution in [2.24, 2.45) is 0 Å². The molecule has 1 rings (SSSR count). The molecule has 0 aliphatic rings. The Labute approximate surface area is 114 Å². The zero-order chi connectivity index (χ0) is 14.1. The fourth-order valence-corrected chi connectivity index (χ4v) is 1.60. The smallest absolute Gasteiger partial charge is 0.239 e. The van der Waals surface area contributed by atoms with Crippen molar-refractivity contribution in [3.8, 4) is 0 Å². The van der Waals surface area contributed by atoms with E-state index in [4.69, 9.17) is 0 Å². The average Bonchev–Trinajstić information content (AvgIpc) is 2.43. The van der Waals surface area contributed by atoms with Crippen LogP contribution in [0.3, 0.4) is 0 Å². The van der Waals surface area contributed by atoms with E-state index in [1.165, 1.54) is 0 Å². The zero-order valence-corrected chi connectivity index (χ0v) is 11.6. The molecule has 0 bridgehead atoms. The van der Waals surface area contributed by atoms with Gasteiger partial charge in [0.2, 0.25) is 11.8 Å². The van der Waals surface area contributed by atoms with Crippen LogP contribution in [0.1, 0.15) is 32.3 Å². The van der Waals surface area contributed by atoms with Gasteiger partial charge in [-0.25, -0.2) is 0 Å². The summed E-state index contributed by atoms with van der Waals surface area (Å²) in [6.07, 6.45) is 1.98. The normalized spacial score (nSPS) is 11.7. The zero-order valence-electron chi connectivity index (χ0n) is 11.6. The fraction of sp³-hybridized carbons (Fsp3) is 0.467. The Hall–Kier alpha value is -1.84. The van der Waals surface area contributed by atoms with Crippen LogP contribution in [0.15, 0.2) is 30.3 Å². The first kappa shape index (κ1) is 15.2. The molecule has 0 aliphatic heterocycles. The number of carbonyl (C=O) groups excluding carboxylic acids is 2. The molecular weight excluding hydrogens is 240 g/mol. The van der Waals surface area contributed by atoms with Crippen molar-refractivity contribution < 1.29 is 9.59 Å². The number of amides is 2. The molecule has 1 aromatic carbocycles. The quantitative estimate of drug-likeness (QED) is 0.785. The van der Waals surface area contributed by atoms with Crippen molar-refractivity contribution in [3.05, 3.63) is 35.9 Å². The molecule has 104 valence electrons. The van der Waals surface area contributed by atoms with E-state index in [2.05, 4.69) is 10.6 Å². The standard InChI is InChI=1S/C15H22N2O2/c1-3-12(2)17-15(19)11-16-14(18)10-9-13-7-5-4-6-8-13/h4-8,12H,3,9-11H2,1-2H3,(H,16,18)(H,17,19). The Kier molecular flexibility index (Phi) is 6.64. The minimum absolute atomic E-state index is 0.0535. The number of benzene rings is 1. The lowest BCUT2D eigenvalue weighted by Gasteiger charge is -2.11. The van der Waals surface area contributed by atoms with Crippen molar-refractivity contribution in [3.63, 3.8) is 0 Å². The van der Waals surface area contributed by atoms with Gasteiger partial charge in [-0.2, -0.15) is 0 Å². The maximum absolute atomic E-state index is 11.6. The molecule has 0 saturated carbocycles. The van der Waals surface area contributed by atoms with Gasteiger partial charge in [0.1, 0.15) is 0 Å². The highest BCUT2D eigenvalue weighted by Crippen LogP contribution is 2.01. The Bertz CT molecular complexity index is 404. The summed E-state index contributed by atoms with van der Waals surface area (Å²) in [6.45, 7) is 4.00. The molecule has 0 spiro atoms. The molecule has 0 fully saturated rings. The van der Waals surface area contributed by atoms with E-state index in [9.17, 15) is 9.59 Å². The summed E-state index contributed by atoms with van der Waals surface area (Å²) in [5.74, 6) is -0.231. The monoisotopic (exact) mass is 262 g/mol. The topological polar surface area (TPSA) is 58.2 Å². The first-order chi connectivity index (χ1) is 9.11. The summed E-state index contributed by atoms with van der Waals surface area (Å²) in [5.41, 5.74) is 1.13. The van der Waals surface area contributed by atoms with Gasteiger partial charge in [-0.3, -0.25) is 9.59 Å². The molecule has 2 N–H and O–H groups in total. The van der Waals surface area contributed by atoms with Gasteiger partial charge in [0.25, 0.3) is 0 Å². The van der Waals surface area contributed by atoms with Gasteiger partial charge in [-0.15, -0.1) is 0 Å². The van der Waals surface area contributed by atoms with Crippen LogP contribution in [0.25, 0.3) is 0 Å². The molecule has 1 aromatic rings. The van der Waals surface area contributed by atoms with Crippen LogP contribution in [-0.4, -0.2) is 24.4 Å². The third kappa shape index (κ3) is 6.60. The van der Waals surface area contributed by atoms with E-state index in [0.717, 1.165) is 12.0 Å². The second-order valence-electron chi connectivity index (χ2n) is 4.64. The van der Waals surface area contributed by atoms with Gasteiger partial charge < -0.3 is 10.6 Å². The molecule has 1 unspecified atom stereocenters. The van der Waals surface area contributed by atoms with E-state index >= 15 is 0 Å². The second kappa shape index (κ2) is 8.29. The van der Waals surface area contributed by atoms with Crippen molar-refractivity contribution in [2.75, 3.05) is 6.54 Å². The Morgan fingerprint density at radius 3 is 2.47 bits per heavy atom. The van der Waals surface area contributed by atoms with Crippen LogP contribution in [0, 0.1) is 0 Å². The SMILES string of the molecule is CCC(C)NC(=O)CNC(=O)CCc1ccccc1. The van der Waals surface area contributed by atoms with E-state index < -0.39 is 0 Å². The Morgan fingerprint density at radius 2 is 1.84 bits per heavy atom. The Balaban J connectivity index is 2.19. The number of hydrogen-bond donors (Lipinski definition) is 2. The van der Waals surface area contributed by atoms with Gasteiger partial charge in [0.05, 0.1) is 6.54 Å². The average molecular weight is 262 g/mol. The Morgan fingerprint density at radius 1 is 1.16 bits per heavy atom. The summed E-state index contributed by atoms with van der Waals surface area (Å²) in [6, 6.07) is 9.97. The van der Waals surface area contributed by atoms with Gasteiger partial charge in [0, 0.05) is 12.5 Å². The van der Waals surface area contributed by atoms with E-state index in [-0.39, 0.29) is 24.4 Å². The van der Waals surface area contributed by atoms with Crippen LogP contribution in [0.4, 0.5) is 0 Å². The van der Waals surface area contributed by atoms with Gasteiger partial charge in [-0.05, 0) is 25.3 Å². The summed E-state index contributed by atoms with van der Waals surface area (Å²) >= 11 is 0. The number of rotatable bonds is 7. The number of carbonyl (C=O) groups is 2. The van der Waals surface area contributed by atoms with Crippen LogP contribution in [0.5, 0.6) is 0 Å². The third-order valence-electron chi connectivity index (χ3n) is 2.95. The molecule has 0 heterocycles. The molecule has 0 aromatic heterocycles. The minimum Gasteiger partial charge on any atom is -0.352 e. The largest absolute Gasteiger partial charge is 0.352 e. The maximum Gasteiger partial charge on any atom is 0.239 e. The predicted octanol–water partition coefficient (Wildman–Crippen LogP) is 1.65. The molecule has 4 nitrogen and oxygen atoms in total. The molecule has 1 atom stereocenters. The van der Waals surface area contributed by atoms with E-state index in [0.29, 0.717) is 12.8 Å². The summed E-state index contributed by atoms with van der Waals surface area (Å²) in [5, 5.41) is 5.44. The molecule has 2 amide bonds. The highest BCUT2D eigenvalue weighted by molar-refractivity contribution is 5.84. The highest BCUT2D eigenvalue weighted by Gasteiger charge is 2.07. The highest BCUT2D eigenvalue weighted by atomic mass is 16.2. The molecule has 0 radical (unpaired) electrons. The van der Waals surface area contributed by atoms with Crippen LogP contribution in [0.2, 0.25) is 0 Å². The predicted molar refractivity (Wildman–Crippen MR) is 75.7 cm³/mol. The van der Waals surface area contributed by atoms with Gasteiger partial charge in [-0.1, -0.05) is 37.3 Å². The number of aryl methyl sites for hydroxylation is 1. The molecule has 0 aliphatic carbocycles. The van der Waals surface area contributed by atoms with Gasteiger partial charge in [0.15, 0.2) is 0 Å². The lowest BCUT2D eigenvalue weighted by molar-refractivity contribution is -0.126. The first-order valence-electron chi connectivity index (χ1n) is 6.71. The number of nitrogens with one attached hydrogen (secondary N) is 2. The van der Waals surface area contributed by atoms with Crippen LogP contribution >= 0.6 is 0 Å². The molecular formula is C15H22N2O2. The molecule has 4 heteroatoms. The van der Waals surface area contributed by atoms with E-state index in [1.807, 2.05) is 44.2 Å². The first-order valence-corrected chi connectivity index (χ1v) is 6.71. The molecule has 0 saturated heterocycles. The van der Waals surface area contributed by atoms with Crippen molar-refractivity contribution >= 4 is 11.8 Å². The minimum atomic E-state index is -0.137. The molecule has 19 heavy (non-hydrogen) atoms. The van der Waals surface area contributed by atoms with Crippen molar-refractivity contribution in [1.82, 2.24) is 10.6 Å². The number of hydrogen-bond acceptors (Lipinski definition) is 2. The summed E-state index contributed by atoms with van der Waals surface area (Å²) in [7, 11) is 0. The maximum atomic E-state index is 11.6. The third-order valence-corrected chi connectivity index (χ3v) is 2.95. The lowest BCUT2D eigenvalue weighted by Crippen LogP contribution is -2.40. The van der Waals surface area contributed by atoms with Crippen LogP contribution < -0.4 is 10.6 Å². The fourth-order valence-electron chi connectivity index (χ4n) is 1.60. The van der Waals surface area contributed by atoms with Crippen LogP contribution in [-0.2, 0) is 16.0 Å². The summed E-state index contributed by atoms with van der Waals surface area (Å²) < 4.78 is 0. The van der Waals surface area contributed by atoms with Crippen molar-refractivity contribution in [2.45, 2.75) is 39.2 Å². The van der Waals surface area contributed by atoms with E-state index in [1.54, 1.807) is 0 Å². The summed E-state index contributed by atoms with van der Waals surface area (Å²) in [4.78, 5) is 23.1. The van der Waals surface area contributed by atoms with Gasteiger partial charge >= 0.3 is 0 Å².